The summed E-state index contributed by atoms with van der Waals surface area (Å²) >= 11 is 3.36. The van der Waals surface area contributed by atoms with Crippen molar-refractivity contribution in [3.63, 3.8) is 0 Å². The summed E-state index contributed by atoms with van der Waals surface area (Å²) in [7, 11) is 3.62. The molecule has 2 rings (SSSR count). The molecule has 0 aliphatic carbocycles. The molecule has 0 aliphatic heterocycles. The van der Waals surface area contributed by atoms with Gasteiger partial charge in [-0.1, -0.05) is 21.1 Å². The van der Waals surface area contributed by atoms with E-state index in [0.717, 1.165) is 10.2 Å². The molecular weight excluding hydrogens is 299 g/mol. The summed E-state index contributed by atoms with van der Waals surface area (Å²) in [6.45, 7) is 0. The molecule has 18 heavy (non-hydrogen) atoms. The van der Waals surface area contributed by atoms with Crippen LogP contribution < -0.4 is 5.32 Å². The van der Waals surface area contributed by atoms with Crippen molar-refractivity contribution in [3.05, 3.63) is 45.9 Å². The molecule has 4 nitrogen and oxygen atoms in total. The van der Waals surface area contributed by atoms with Gasteiger partial charge in [0.25, 0.3) is 0 Å². The van der Waals surface area contributed by atoms with Gasteiger partial charge in [-0.05, 0) is 25.2 Å². The van der Waals surface area contributed by atoms with E-state index in [1.54, 1.807) is 23.9 Å². The number of likely N-dealkylation sites (N-methyl/N-ethyl adjacent to an activating group) is 1. The lowest BCUT2D eigenvalue weighted by molar-refractivity contribution is 0.529. The van der Waals surface area contributed by atoms with Crippen molar-refractivity contribution in [1.82, 2.24) is 20.3 Å². The van der Waals surface area contributed by atoms with Gasteiger partial charge in [0, 0.05) is 35.7 Å². The second kappa shape index (κ2) is 5.58. The van der Waals surface area contributed by atoms with Crippen LogP contribution in [-0.4, -0.2) is 22.0 Å². The average molecular weight is 313 g/mol. The Morgan fingerprint density at radius 1 is 1.50 bits per heavy atom. The van der Waals surface area contributed by atoms with Gasteiger partial charge in [0.05, 0.1) is 5.69 Å². The standard InChI is InChI=1S/C12H14BrFN4/c1-15-12(6-9-7-18(2)17-16-9)10-5-8(13)3-4-11(10)14/h3-5,7,12,15H,6H2,1-2H3. The van der Waals surface area contributed by atoms with Gasteiger partial charge in [-0.15, -0.1) is 5.10 Å². The summed E-state index contributed by atoms with van der Waals surface area (Å²) in [5.74, 6) is -0.221. The van der Waals surface area contributed by atoms with Crippen LogP contribution in [0, 0.1) is 5.82 Å². The van der Waals surface area contributed by atoms with Gasteiger partial charge < -0.3 is 5.32 Å². The minimum Gasteiger partial charge on any atom is -0.313 e. The molecule has 1 aromatic carbocycles. The highest BCUT2D eigenvalue weighted by atomic mass is 79.9. The Balaban J connectivity index is 2.25. The Kier molecular flexibility index (Phi) is 4.08. The lowest BCUT2D eigenvalue weighted by Crippen LogP contribution is -2.20. The monoisotopic (exact) mass is 312 g/mol. The van der Waals surface area contributed by atoms with Crippen LogP contribution in [0.4, 0.5) is 4.39 Å². The molecule has 1 aromatic heterocycles. The normalized spacial score (nSPS) is 12.7. The van der Waals surface area contributed by atoms with E-state index in [9.17, 15) is 4.39 Å². The first-order valence-corrected chi connectivity index (χ1v) is 6.37. The van der Waals surface area contributed by atoms with Gasteiger partial charge in [0.2, 0.25) is 0 Å². The first kappa shape index (κ1) is 13.2. The smallest absolute Gasteiger partial charge is 0.128 e. The molecule has 0 bridgehead atoms. The number of hydrogen-bond donors (Lipinski definition) is 1. The van der Waals surface area contributed by atoms with E-state index in [1.165, 1.54) is 6.07 Å². The molecule has 1 heterocycles. The Hall–Kier alpha value is -1.27. The molecule has 1 atom stereocenters. The highest BCUT2D eigenvalue weighted by Crippen LogP contribution is 2.23. The number of hydrogen-bond acceptors (Lipinski definition) is 3. The van der Waals surface area contributed by atoms with Crippen LogP contribution >= 0.6 is 15.9 Å². The third-order valence-corrected chi connectivity index (χ3v) is 3.24. The molecule has 1 N–H and O–H groups in total. The third kappa shape index (κ3) is 2.94. The van der Waals surface area contributed by atoms with E-state index in [2.05, 4.69) is 31.6 Å². The molecule has 0 aliphatic rings. The van der Waals surface area contributed by atoms with Crippen molar-refractivity contribution in [2.45, 2.75) is 12.5 Å². The Morgan fingerprint density at radius 2 is 2.28 bits per heavy atom. The summed E-state index contributed by atoms with van der Waals surface area (Å²) in [6.07, 6.45) is 2.43. The zero-order valence-corrected chi connectivity index (χ0v) is 11.8. The molecule has 0 amide bonds. The van der Waals surface area contributed by atoms with E-state index >= 15 is 0 Å². The maximum Gasteiger partial charge on any atom is 0.128 e. The third-order valence-electron chi connectivity index (χ3n) is 2.75. The molecule has 0 radical (unpaired) electrons. The minimum atomic E-state index is -0.221. The Labute approximate surface area is 113 Å². The van der Waals surface area contributed by atoms with E-state index < -0.39 is 0 Å². The largest absolute Gasteiger partial charge is 0.313 e. The van der Waals surface area contributed by atoms with E-state index in [-0.39, 0.29) is 11.9 Å². The Morgan fingerprint density at radius 3 is 2.89 bits per heavy atom. The summed E-state index contributed by atoms with van der Waals surface area (Å²) in [6, 6.07) is 4.81. The van der Waals surface area contributed by atoms with Crippen molar-refractivity contribution >= 4 is 15.9 Å². The number of nitrogens with zero attached hydrogens (tertiary/aromatic N) is 3. The number of benzene rings is 1. The maximum absolute atomic E-state index is 13.8. The van der Waals surface area contributed by atoms with Crippen molar-refractivity contribution in [3.8, 4) is 0 Å². The number of rotatable bonds is 4. The lowest BCUT2D eigenvalue weighted by atomic mass is 10.0. The zero-order valence-electron chi connectivity index (χ0n) is 10.2. The first-order valence-electron chi connectivity index (χ1n) is 5.57. The number of halogens is 2. The van der Waals surface area contributed by atoms with Crippen molar-refractivity contribution in [2.24, 2.45) is 7.05 Å². The summed E-state index contributed by atoms with van der Waals surface area (Å²) in [4.78, 5) is 0. The van der Waals surface area contributed by atoms with Gasteiger partial charge in [-0.3, -0.25) is 4.68 Å². The van der Waals surface area contributed by atoms with Gasteiger partial charge in [-0.2, -0.15) is 0 Å². The summed E-state index contributed by atoms with van der Waals surface area (Å²) < 4.78 is 16.3. The van der Waals surface area contributed by atoms with E-state index in [0.29, 0.717) is 12.0 Å². The molecule has 0 fully saturated rings. The van der Waals surface area contributed by atoms with Crippen LogP contribution in [0.5, 0.6) is 0 Å². The van der Waals surface area contributed by atoms with Gasteiger partial charge in [0.15, 0.2) is 0 Å². The van der Waals surface area contributed by atoms with Gasteiger partial charge in [-0.25, -0.2) is 4.39 Å². The number of aryl methyl sites for hydroxylation is 1. The van der Waals surface area contributed by atoms with Crippen LogP contribution in [0.25, 0.3) is 0 Å². The summed E-state index contributed by atoms with van der Waals surface area (Å²) in [5.41, 5.74) is 1.45. The van der Waals surface area contributed by atoms with Crippen molar-refractivity contribution < 1.29 is 4.39 Å². The topological polar surface area (TPSA) is 42.7 Å². The second-order valence-electron chi connectivity index (χ2n) is 4.09. The van der Waals surface area contributed by atoms with Gasteiger partial charge >= 0.3 is 0 Å². The molecule has 0 saturated heterocycles. The zero-order chi connectivity index (χ0) is 13.1. The van der Waals surface area contributed by atoms with Crippen molar-refractivity contribution in [1.29, 1.82) is 0 Å². The van der Waals surface area contributed by atoms with Crippen LogP contribution in [0.3, 0.4) is 0 Å². The fourth-order valence-corrected chi connectivity index (χ4v) is 2.23. The fourth-order valence-electron chi connectivity index (χ4n) is 1.85. The van der Waals surface area contributed by atoms with Crippen LogP contribution in [0.2, 0.25) is 0 Å². The lowest BCUT2D eigenvalue weighted by Gasteiger charge is -2.16. The van der Waals surface area contributed by atoms with E-state index in [4.69, 9.17) is 0 Å². The highest BCUT2D eigenvalue weighted by molar-refractivity contribution is 9.10. The molecule has 2 aromatic rings. The van der Waals surface area contributed by atoms with Crippen LogP contribution in [0.15, 0.2) is 28.9 Å². The minimum absolute atomic E-state index is 0.126. The molecule has 0 spiro atoms. The van der Waals surface area contributed by atoms with Crippen LogP contribution in [0.1, 0.15) is 17.3 Å². The molecular formula is C12H14BrFN4. The van der Waals surface area contributed by atoms with Crippen LogP contribution in [-0.2, 0) is 13.5 Å². The maximum atomic E-state index is 13.8. The quantitative estimate of drug-likeness (QED) is 0.941. The average Bonchev–Trinajstić information content (AvgIpc) is 2.75. The summed E-state index contributed by atoms with van der Waals surface area (Å²) in [5, 5.41) is 11.0. The Bertz CT molecular complexity index is 541. The highest BCUT2D eigenvalue weighted by Gasteiger charge is 2.16. The number of nitrogens with one attached hydrogen (secondary N) is 1. The predicted octanol–water partition coefficient (Wildman–Crippen LogP) is 2.22. The second-order valence-corrected chi connectivity index (χ2v) is 5.01. The molecule has 6 heteroatoms. The predicted molar refractivity (Wildman–Crippen MR) is 70.6 cm³/mol. The van der Waals surface area contributed by atoms with Gasteiger partial charge in [0.1, 0.15) is 5.82 Å². The number of aromatic nitrogens is 3. The first-order chi connectivity index (χ1) is 8.60. The molecule has 96 valence electrons. The van der Waals surface area contributed by atoms with Crippen molar-refractivity contribution in [2.75, 3.05) is 7.05 Å². The molecule has 0 saturated carbocycles. The molecule has 1 unspecified atom stereocenters. The SMILES string of the molecule is CNC(Cc1cn(C)nn1)c1cc(Br)ccc1F. The fraction of sp³-hybridized carbons (Fsp3) is 0.333. The van der Waals surface area contributed by atoms with E-state index in [1.807, 2.05) is 13.2 Å².